The second kappa shape index (κ2) is 5.44. The minimum atomic E-state index is -0.941. The van der Waals surface area contributed by atoms with Gasteiger partial charge in [0.15, 0.2) is 0 Å². The molecule has 1 unspecified atom stereocenters. The van der Waals surface area contributed by atoms with E-state index >= 15 is 0 Å². The Labute approximate surface area is 118 Å². The maximum atomic E-state index is 11.2. The molecule has 1 aromatic rings. The molecule has 108 valence electrons. The zero-order valence-electron chi connectivity index (χ0n) is 11.5. The molecule has 20 heavy (non-hydrogen) atoms. The Bertz CT molecular complexity index is 491. The lowest BCUT2D eigenvalue weighted by molar-refractivity contribution is -0.108. The maximum absolute atomic E-state index is 11.2. The Morgan fingerprint density at radius 1 is 1.30 bits per heavy atom. The number of aromatic carboxylic acids is 1. The number of hydrogen-bond acceptors (Lipinski definition) is 3. The van der Waals surface area contributed by atoms with Gasteiger partial charge in [0.05, 0.1) is 12.2 Å². The SMILES string of the molecule is O=C(O)c1ccccc1OC1CCOC2(CCCC2)C1. The number of benzene rings is 1. The number of ether oxygens (including phenoxy) is 2. The fourth-order valence-corrected chi connectivity index (χ4v) is 3.38. The predicted octanol–water partition coefficient (Wildman–Crippen LogP) is 3.26. The molecule has 0 bridgehead atoms. The summed E-state index contributed by atoms with van der Waals surface area (Å²) in [6.07, 6.45) is 6.41. The normalized spacial score (nSPS) is 24.7. The summed E-state index contributed by atoms with van der Waals surface area (Å²) in [5.74, 6) is -0.469. The van der Waals surface area contributed by atoms with Crippen LogP contribution in [0.3, 0.4) is 0 Å². The lowest BCUT2D eigenvalue weighted by atomic mass is 9.90. The van der Waals surface area contributed by atoms with Crippen molar-refractivity contribution in [2.24, 2.45) is 0 Å². The van der Waals surface area contributed by atoms with E-state index < -0.39 is 5.97 Å². The van der Waals surface area contributed by atoms with Crippen LogP contribution >= 0.6 is 0 Å². The highest BCUT2D eigenvalue weighted by molar-refractivity contribution is 5.90. The Kier molecular flexibility index (Phi) is 3.66. The van der Waals surface area contributed by atoms with E-state index in [0.29, 0.717) is 12.4 Å². The summed E-state index contributed by atoms with van der Waals surface area (Å²) in [6, 6.07) is 6.85. The van der Waals surface area contributed by atoms with Crippen molar-refractivity contribution in [2.45, 2.75) is 50.2 Å². The van der Waals surface area contributed by atoms with Crippen molar-refractivity contribution in [3.05, 3.63) is 29.8 Å². The minimum absolute atomic E-state index is 0.0128. The molecule has 1 aliphatic carbocycles. The molecule has 1 heterocycles. The van der Waals surface area contributed by atoms with Crippen molar-refractivity contribution < 1.29 is 19.4 Å². The van der Waals surface area contributed by atoms with E-state index in [-0.39, 0.29) is 17.3 Å². The first-order chi connectivity index (χ1) is 9.69. The first kappa shape index (κ1) is 13.4. The van der Waals surface area contributed by atoms with E-state index in [2.05, 4.69) is 0 Å². The molecule has 0 amide bonds. The van der Waals surface area contributed by atoms with Gasteiger partial charge in [0.2, 0.25) is 0 Å². The summed E-state index contributed by atoms with van der Waals surface area (Å²) in [7, 11) is 0. The van der Waals surface area contributed by atoms with Gasteiger partial charge in [0.1, 0.15) is 17.4 Å². The third-order valence-electron chi connectivity index (χ3n) is 4.37. The molecule has 1 spiro atoms. The molecule has 3 rings (SSSR count). The van der Waals surface area contributed by atoms with Crippen molar-refractivity contribution in [3.63, 3.8) is 0 Å². The Balaban J connectivity index is 1.73. The summed E-state index contributed by atoms with van der Waals surface area (Å²) >= 11 is 0. The Morgan fingerprint density at radius 3 is 2.80 bits per heavy atom. The number of carbonyl (C=O) groups is 1. The number of para-hydroxylation sites is 1. The van der Waals surface area contributed by atoms with Crippen LogP contribution in [0.4, 0.5) is 0 Å². The van der Waals surface area contributed by atoms with Gasteiger partial charge in [-0.2, -0.15) is 0 Å². The average molecular weight is 276 g/mol. The molecule has 1 aromatic carbocycles. The molecule has 1 saturated carbocycles. The van der Waals surface area contributed by atoms with Crippen LogP contribution in [0.5, 0.6) is 5.75 Å². The van der Waals surface area contributed by atoms with Crippen LogP contribution in [0.25, 0.3) is 0 Å². The van der Waals surface area contributed by atoms with Gasteiger partial charge in [-0.15, -0.1) is 0 Å². The number of hydrogen-bond donors (Lipinski definition) is 1. The van der Waals surface area contributed by atoms with Gasteiger partial charge in [-0.25, -0.2) is 4.79 Å². The van der Waals surface area contributed by atoms with E-state index in [9.17, 15) is 9.90 Å². The fraction of sp³-hybridized carbons (Fsp3) is 0.562. The van der Waals surface area contributed by atoms with Crippen molar-refractivity contribution >= 4 is 5.97 Å². The van der Waals surface area contributed by atoms with Crippen molar-refractivity contribution in [2.75, 3.05) is 6.61 Å². The molecule has 1 saturated heterocycles. The average Bonchev–Trinajstić information content (AvgIpc) is 2.87. The van der Waals surface area contributed by atoms with E-state index in [4.69, 9.17) is 9.47 Å². The molecule has 0 radical (unpaired) electrons. The molecule has 1 atom stereocenters. The number of carboxylic acids is 1. The van der Waals surface area contributed by atoms with Gasteiger partial charge in [-0.05, 0) is 25.0 Å². The van der Waals surface area contributed by atoms with Crippen LogP contribution in [-0.2, 0) is 4.74 Å². The zero-order valence-corrected chi connectivity index (χ0v) is 11.5. The smallest absolute Gasteiger partial charge is 0.339 e. The van der Waals surface area contributed by atoms with Crippen molar-refractivity contribution in [1.82, 2.24) is 0 Å². The molecule has 1 aliphatic heterocycles. The molecule has 0 aromatic heterocycles. The highest BCUT2D eigenvalue weighted by Gasteiger charge is 2.40. The summed E-state index contributed by atoms with van der Waals surface area (Å²) < 4.78 is 11.9. The molecule has 2 aliphatic rings. The van der Waals surface area contributed by atoms with Crippen molar-refractivity contribution in [1.29, 1.82) is 0 Å². The zero-order chi connectivity index (χ0) is 14.0. The number of rotatable bonds is 3. The predicted molar refractivity (Wildman–Crippen MR) is 74.2 cm³/mol. The van der Waals surface area contributed by atoms with Gasteiger partial charge in [0, 0.05) is 12.8 Å². The topological polar surface area (TPSA) is 55.8 Å². The molecule has 1 N–H and O–H groups in total. The molecular formula is C16H20O4. The second-order valence-corrected chi connectivity index (χ2v) is 5.77. The Morgan fingerprint density at radius 2 is 2.05 bits per heavy atom. The van der Waals surface area contributed by atoms with E-state index in [1.807, 2.05) is 6.07 Å². The van der Waals surface area contributed by atoms with Crippen LogP contribution in [-0.4, -0.2) is 29.4 Å². The van der Waals surface area contributed by atoms with E-state index in [1.165, 1.54) is 12.8 Å². The van der Waals surface area contributed by atoms with Crippen LogP contribution in [0.2, 0.25) is 0 Å². The van der Waals surface area contributed by atoms with E-state index in [1.54, 1.807) is 18.2 Å². The summed E-state index contributed by atoms with van der Waals surface area (Å²) in [5.41, 5.74) is 0.223. The van der Waals surface area contributed by atoms with Crippen LogP contribution in [0, 0.1) is 0 Å². The van der Waals surface area contributed by atoms with Crippen LogP contribution < -0.4 is 4.74 Å². The van der Waals surface area contributed by atoms with E-state index in [0.717, 1.165) is 25.7 Å². The largest absolute Gasteiger partial charge is 0.489 e. The van der Waals surface area contributed by atoms with Crippen LogP contribution in [0.15, 0.2) is 24.3 Å². The van der Waals surface area contributed by atoms with Gasteiger partial charge < -0.3 is 14.6 Å². The highest BCUT2D eigenvalue weighted by Crippen LogP contribution is 2.41. The lowest BCUT2D eigenvalue weighted by Gasteiger charge is -2.38. The summed E-state index contributed by atoms with van der Waals surface area (Å²) in [5, 5.41) is 9.20. The standard InChI is InChI=1S/C16H20O4/c17-15(18)13-5-1-2-6-14(13)20-12-7-10-19-16(11-12)8-3-4-9-16/h1-2,5-6,12H,3-4,7-11H2,(H,17,18). The van der Waals surface area contributed by atoms with Gasteiger partial charge in [0.25, 0.3) is 0 Å². The summed E-state index contributed by atoms with van der Waals surface area (Å²) in [4.78, 5) is 11.2. The number of carboxylic acid groups (broad SMARTS) is 1. The van der Waals surface area contributed by atoms with Crippen molar-refractivity contribution in [3.8, 4) is 5.75 Å². The molecule has 4 nitrogen and oxygen atoms in total. The van der Waals surface area contributed by atoms with Crippen LogP contribution in [0.1, 0.15) is 48.9 Å². The fourth-order valence-electron chi connectivity index (χ4n) is 3.38. The molecule has 2 fully saturated rings. The highest BCUT2D eigenvalue weighted by atomic mass is 16.5. The summed E-state index contributed by atoms with van der Waals surface area (Å²) in [6.45, 7) is 0.708. The third-order valence-corrected chi connectivity index (χ3v) is 4.37. The quantitative estimate of drug-likeness (QED) is 0.920. The Hall–Kier alpha value is -1.55. The maximum Gasteiger partial charge on any atom is 0.339 e. The third kappa shape index (κ3) is 2.66. The van der Waals surface area contributed by atoms with Gasteiger partial charge in [-0.1, -0.05) is 25.0 Å². The minimum Gasteiger partial charge on any atom is -0.489 e. The first-order valence-corrected chi connectivity index (χ1v) is 7.31. The second-order valence-electron chi connectivity index (χ2n) is 5.77. The molecular weight excluding hydrogens is 256 g/mol. The first-order valence-electron chi connectivity index (χ1n) is 7.31. The monoisotopic (exact) mass is 276 g/mol. The molecule has 4 heteroatoms. The van der Waals surface area contributed by atoms with Gasteiger partial charge in [-0.3, -0.25) is 0 Å². The van der Waals surface area contributed by atoms with Gasteiger partial charge >= 0.3 is 5.97 Å². The lowest BCUT2D eigenvalue weighted by Crippen LogP contribution is -2.41.